The standard InChI is InChI=1S/C14H20ClNO.ClH/c1-12(16-9-3-2-4-10-16)17-14-7-5-13(11-15)6-8-14;/h5-8,12H,2-4,9-11H2,1H3;1H. The molecule has 1 unspecified atom stereocenters. The lowest BCUT2D eigenvalue weighted by molar-refractivity contribution is 0.0262. The van der Waals surface area contributed by atoms with Gasteiger partial charge in [0.05, 0.1) is 0 Å². The van der Waals surface area contributed by atoms with Crippen molar-refractivity contribution >= 4 is 24.0 Å². The topological polar surface area (TPSA) is 12.5 Å². The Labute approximate surface area is 121 Å². The highest BCUT2D eigenvalue weighted by Crippen LogP contribution is 2.18. The molecule has 1 aromatic carbocycles. The molecular formula is C14H21Cl2NO. The summed E-state index contributed by atoms with van der Waals surface area (Å²) >= 11 is 5.76. The maximum absolute atomic E-state index is 5.94. The van der Waals surface area contributed by atoms with Crippen molar-refractivity contribution in [3.63, 3.8) is 0 Å². The van der Waals surface area contributed by atoms with Crippen LogP contribution in [0.15, 0.2) is 24.3 Å². The number of hydrogen-bond donors (Lipinski definition) is 0. The zero-order valence-corrected chi connectivity index (χ0v) is 12.3. The maximum atomic E-state index is 5.94. The minimum atomic E-state index is 0. The summed E-state index contributed by atoms with van der Waals surface area (Å²) < 4.78 is 5.94. The van der Waals surface area contributed by atoms with Crippen molar-refractivity contribution in [1.82, 2.24) is 4.90 Å². The van der Waals surface area contributed by atoms with Gasteiger partial charge in [-0.3, -0.25) is 4.90 Å². The van der Waals surface area contributed by atoms with Gasteiger partial charge in [0.15, 0.2) is 0 Å². The van der Waals surface area contributed by atoms with Crippen molar-refractivity contribution < 1.29 is 4.74 Å². The van der Waals surface area contributed by atoms with Gasteiger partial charge in [-0.05, 0) is 37.5 Å². The van der Waals surface area contributed by atoms with Gasteiger partial charge in [-0.25, -0.2) is 0 Å². The first-order valence-corrected chi connectivity index (χ1v) is 6.88. The van der Waals surface area contributed by atoms with Crippen molar-refractivity contribution in [2.24, 2.45) is 0 Å². The van der Waals surface area contributed by atoms with Crippen molar-refractivity contribution in [1.29, 1.82) is 0 Å². The number of piperidine rings is 1. The highest BCUT2D eigenvalue weighted by atomic mass is 35.5. The number of hydrogen-bond acceptors (Lipinski definition) is 2. The molecule has 2 rings (SSSR count). The van der Waals surface area contributed by atoms with Gasteiger partial charge in [0.2, 0.25) is 0 Å². The predicted molar refractivity (Wildman–Crippen MR) is 78.8 cm³/mol. The quantitative estimate of drug-likeness (QED) is 0.775. The van der Waals surface area contributed by atoms with Crippen LogP contribution in [0.4, 0.5) is 0 Å². The molecule has 0 N–H and O–H groups in total. The lowest BCUT2D eigenvalue weighted by Crippen LogP contribution is -2.40. The minimum Gasteiger partial charge on any atom is -0.475 e. The number of nitrogens with zero attached hydrogens (tertiary/aromatic N) is 1. The fourth-order valence-electron chi connectivity index (χ4n) is 2.21. The van der Waals surface area contributed by atoms with Gasteiger partial charge in [0.25, 0.3) is 0 Å². The van der Waals surface area contributed by atoms with E-state index in [4.69, 9.17) is 16.3 Å². The summed E-state index contributed by atoms with van der Waals surface area (Å²) in [6, 6.07) is 8.03. The molecule has 0 radical (unpaired) electrons. The molecule has 4 heteroatoms. The Bertz CT molecular complexity index is 336. The molecule has 0 aliphatic carbocycles. The normalized spacial score (nSPS) is 17.9. The molecular weight excluding hydrogens is 269 g/mol. The summed E-state index contributed by atoms with van der Waals surface area (Å²) in [6.07, 6.45) is 4.10. The third kappa shape index (κ3) is 4.34. The Hall–Kier alpha value is -0.440. The zero-order chi connectivity index (χ0) is 12.1. The van der Waals surface area contributed by atoms with E-state index in [9.17, 15) is 0 Å². The summed E-state index contributed by atoms with van der Waals surface area (Å²) in [5, 5.41) is 0. The van der Waals surface area contributed by atoms with Crippen molar-refractivity contribution in [3.05, 3.63) is 29.8 Å². The van der Waals surface area contributed by atoms with Crippen LogP contribution in [0.1, 0.15) is 31.7 Å². The second-order valence-electron chi connectivity index (χ2n) is 4.59. The number of halogens is 2. The molecule has 1 atom stereocenters. The third-order valence-corrected chi connectivity index (χ3v) is 3.60. The lowest BCUT2D eigenvalue weighted by atomic mass is 10.1. The average Bonchev–Trinajstić information content (AvgIpc) is 2.40. The third-order valence-electron chi connectivity index (χ3n) is 3.29. The van der Waals surface area contributed by atoms with Gasteiger partial charge in [0, 0.05) is 19.0 Å². The van der Waals surface area contributed by atoms with Gasteiger partial charge >= 0.3 is 0 Å². The molecule has 1 fully saturated rings. The smallest absolute Gasteiger partial charge is 0.149 e. The van der Waals surface area contributed by atoms with E-state index in [1.165, 1.54) is 19.3 Å². The van der Waals surface area contributed by atoms with Gasteiger partial charge < -0.3 is 4.74 Å². The molecule has 1 aliphatic heterocycles. The molecule has 0 spiro atoms. The van der Waals surface area contributed by atoms with Crippen molar-refractivity contribution in [2.75, 3.05) is 13.1 Å². The SMILES string of the molecule is CC(Oc1ccc(CCl)cc1)N1CCCCC1.Cl. The summed E-state index contributed by atoms with van der Waals surface area (Å²) in [7, 11) is 0. The van der Waals surface area contributed by atoms with Gasteiger partial charge in [-0.1, -0.05) is 18.6 Å². The Morgan fingerprint density at radius 1 is 1.17 bits per heavy atom. The molecule has 1 saturated heterocycles. The number of alkyl halides is 1. The molecule has 18 heavy (non-hydrogen) atoms. The Morgan fingerprint density at radius 3 is 2.33 bits per heavy atom. The number of ether oxygens (including phenoxy) is 1. The first kappa shape index (κ1) is 15.6. The van der Waals surface area contributed by atoms with E-state index in [2.05, 4.69) is 11.8 Å². The molecule has 0 saturated carbocycles. The van der Waals surface area contributed by atoms with Crippen LogP contribution < -0.4 is 4.74 Å². The zero-order valence-electron chi connectivity index (χ0n) is 10.8. The molecule has 2 nitrogen and oxygen atoms in total. The molecule has 1 heterocycles. The van der Waals surface area contributed by atoms with Crippen LogP contribution in [-0.4, -0.2) is 24.2 Å². The summed E-state index contributed by atoms with van der Waals surface area (Å²) in [6.45, 7) is 4.43. The van der Waals surface area contributed by atoms with Gasteiger partial charge in [-0.2, -0.15) is 0 Å². The van der Waals surface area contributed by atoms with Gasteiger partial charge in [0.1, 0.15) is 12.0 Å². The van der Waals surface area contributed by atoms with Crippen LogP contribution in [0.25, 0.3) is 0 Å². The summed E-state index contributed by atoms with van der Waals surface area (Å²) in [4.78, 5) is 2.40. The van der Waals surface area contributed by atoms with E-state index in [1.54, 1.807) is 0 Å². The van der Waals surface area contributed by atoms with Crippen LogP contribution in [0.3, 0.4) is 0 Å². The second-order valence-corrected chi connectivity index (χ2v) is 4.86. The van der Waals surface area contributed by atoms with Crippen LogP contribution >= 0.6 is 24.0 Å². The Morgan fingerprint density at radius 2 is 1.78 bits per heavy atom. The largest absolute Gasteiger partial charge is 0.475 e. The van der Waals surface area contributed by atoms with E-state index < -0.39 is 0 Å². The van der Waals surface area contributed by atoms with E-state index in [1.807, 2.05) is 24.3 Å². The fourth-order valence-corrected chi connectivity index (χ4v) is 2.39. The monoisotopic (exact) mass is 289 g/mol. The molecule has 0 bridgehead atoms. The summed E-state index contributed by atoms with van der Waals surface area (Å²) in [5.74, 6) is 1.49. The number of benzene rings is 1. The van der Waals surface area contributed by atoms with Crippen LogP contribution in [-0.2, 0) is 5.88 Å². The minimum absolute atomic E-state index is 0. The van der Waals surface area contributed by atoms with Crippen LogP contribution in [0.5, 0.6) is 5.75 Å². The molecule has 0 aromatic heterocycles. The lowest BCUT2D eigenvalue weighted by Gasteiger charge is -2.32. The van der Waals surface area contributed by atoms with Crippen LogP contribution in [0.2, 0.25) is 0 Å². The van der Waals surface area contributed by atoms with Gasteiger partial charge in [-0.15, -0.1) is 24.0 Å². The highest BCUT2D eigenvalue weighted by Gasteiger charge is 2.17. The average molecular weight is 290 g/mol. The van der Waals surface area contributed by atoms with E-state index in [-0.39, 0.29) is 18.6 Å². The number of likely N-dealkylation sites (tertiary alicyclic amines) is 1. The molecule has 1 aromatic rings. The van der Waals surface area contributed by atoms with Crippen LogP contribution in [0, 0.1) is 0 Å². The first-order valence-electron chi connectivity index (χ1n) is 6.35. The Balaban J connectivity index is 0.00000162. The second kappa shape index (κ2) is 7.88. The first-order chi connectivity index (χ1) is 8.29. The number of rotatable bonds is 4. The molecule has 102 valence electrons. The fraction of sp³-hybridized carbons (Fsp3) is 0.571. The van der Waals surface area contributed by atoms with Crippen molar-refractivity contribution in [2.45, 2.75) is 38.3 Å². The van der Waals surface area contributed by atoms with E-state index in [0.29, 0.717) is 5.88 Å². The predicted octanol–water partition coefficient (Wildman–Crippen LogP) is 4.06. The van der Waals surface area contributed by atoms with Crippen molar-refractivity contribution in [3.8, 4) is 5.75 Å². The van der Waals surface area contributed by atoms with E-state index >= 15 is 0 Å². The molecule has 1 aliphatic rings. The summed E-state index contributed by atoms with van der Waals surface area (Å²) in [5.41, 5.74) is 1.13. The maximum Gasteiger partial charge on any atom is 0.149 e. The van der Waals surface area contributed by atoms with E-state index in [0.717, 1.165) is 24.4 Å². The Kier molecular flexibility index (Phi) is 6.83. The molecule has 0 amide bonds. The highest BCUT2D eigenvalue weighted by molar-refractivity contribution is 6.17.